The Labute approximate surface area is 152 Å². The molecular weight excluding hydrogens is 334 g/mol. The Morgan fingerprint density at radius 1 is 1.00 bits per heavy atom. The van der Waals surface area contributed by atoms with Crippen molar-refractivity contribution in [3.05, 3.63) is 64.8 Å². The quantitative estimate of drug-likeness (QED) is 0.639. The number of aryl methyl sites for hydroxylation is 1. The van der Waals surface area contributed by atoms with E-state index < -0.39 is 0 Å². The SMILES string of the molecule is Cc1cccc(C(C)C)c1Nc1cnnc(Nc2ccccc2Cl)n1. The highest BCUT2D eigenvalue weighted by Gasteiger charge is 2.11. The van der Waals surface area contributed by atoms with Crippen molar-refractivity contribution in [1.82, 2.24) is 15.2 Å². The molecule has 0 spiro atoms. The van der Waals surface area contributed by atoms with Gasteiger partial charge in [-0.05, 0) is 36.1 Å². The van der Waals surface area contributed by atoms with Crippen molar-refractivity contribution >= 4 is 34.7 Å². The van der Waals surface area contributed by atoms with E-state index in [2.05, 4.69) is 64.8 Å². The molecule has 3 rings (SSSR count). The van der Waals surface area contributed by atoms with Crippen LogP contribution in [0.4, 0.5) is 23.1 Å². The second-order valence-corrected chi connectivity index (χ2v) is 6.50. The van der Waals surface area contributed by atoms with E-state index in [0.29, 0.717) is 22.7 Å². The van der Waals surface area contributed by atoms with Crippen LogP contribution >= 0.6 is 11.6 Å². The average Bonchev–Trinajstić information content (AvgIpc) is 2.59. The zero-order valence-corrected chi connectivity index (χ0v) is 15.2. The fraction of sp³-hybridized carbons (Fsp3) is 0.211. The number of benzene rings is 2. The maximum atomic E-state index is 6.17. The van der Waals surface area contributed by atoms with E-state index in [1.54, 1.807) is 6.20 Å². The fourth-order valence-electron chi connectivity index (χ4n) is 2.57. The lowest BCUT2D eigenvalue weighted by Gasteiger charge is -2.17. The molecule has 128 valence electrons. The molecule has 0 aliphatic heterocycles. The zero-order chi connectivity index (χ0) is 17.8. The minimum atomic E-state index is 0.387. The highest BCUT2D eigenvalue weighted by Crippen LogP contribution is 2.30. The summed E-state index contributed by atoms with van der Waals surface area (Å²) in [5.74, 6) is 1.41. The van der Waals surface area contributed by atoms with Gasteiger partial charge in [0, 0.05) is 5.69 Å². The third-order valence-corrected chi connectivity index (χ3v) is 4.19. The van der Waals surface area contributed by atoms with E-state index in [0.717, 1.165) is 16.9 Å². The smallest absolute Gasteiger partial charge is 0.249 e. The van der Waals surface area contributed by atoms with Crippen molar-refractivity contribution in [2.45, 2.75) is 26.7 Å². The van der Waals surface area contributed by atoms with Crippen molar-refractivity contribution in [2.75, 3.05) is 10.6 Å². The molecule has 2 N–H and O–H groups in total. The van der Waals surface area contributed by atoms with Gasteiger partial charge in [0.2, 0.25) is 5.95 Å². The van der Waals surface area contributed by atoms with Gasteiger partial charge in [0.15, 0.2) is 5.82 Å². The van der Waals surface area contributed by atoms with Gasteiger partial charge in [-0.1, -0.05) is 55.8 Å². The normalized spacial score (nSPS) is 10.8. The van der Waals surface area contributed by atoms with E-state index in [-0.39, 0.29) is 0 Å². The molecule has 5 nitrogen and oxygen atoms in total. The lowest BCUT2D eigenvalue weighted by molar-refractivity contribution is 0.866. The number of para-hydroxylation sites is 2. The van der Waals surface area contributed by atoms with Crippen molar-refractivity contribution in [3.63, 3.8) is 0 Å². The molecule has 0 bridgehead atoms. The van der Waals surface area contributed by atoms with Crippen LogP contribution in [0.5, 0.6) is 0 Å². The minimum absolute atomic E-state index is 0.387. The van der Waals surface area contributed by atoms with E-state index >= 15 is 0 Å². The summed E-state index contributed by atoms with van der Waals surface area (Å²) in [4.78, 5) is 4.49. The molecule has 0 atom stereocenters. The van der Waals surface area contributed by atoms with Gasteiger partial charge in [-0.3, -0.25) is 0 Å². The number of nitrogens with zero attached hydrogens (tertiary/aromatic N) is 3. The van der Waals surface area contributed by atoms with Crippen LogP contribution in [-0.4, -0.2) is 15.2 Å². The van der Waals surface area contributed by atoms with Crippen LogP contribution in [0.25, 0.3) is 0 Å². The van der Waals surface area contributed by atoms with Crippen LogP contribution in [-0.2, 0) is 0 Å². The first-order chi connectivity index (χ1) is 12.0. The van der Waals surface area contributed by atoms with E-state index in [1.807, 2.05) is 24.3 Å². The summed E-state index contributed by atoms with van der Waals surface area (Å²) >= 11 is 6.17. The van der Waals surface area contributed by atoms with E-state index in [9.17, 15) is 0 Å². The summed E-state index contributed by atoms with van der Waals surface area (Å²) in [7, 11) is 0. The number of hydrogen-bond donors (Lipinski definition) is 2. The number of rotatable bonds is 5. The molecule has 6 heteroatoms. The van der Waals surface area contributed by atoms with Gasteiger partial charge in [0.05, 0.1) is 16.9 Å². The molecule has 3 aromatic rings. The number of nitrogens with one attached hydrogen (secondary N) is 2. The Balaban J connectivity index is 1.87. The molecular formula is C19H20ClN5. The Morgan fingerprint density at radius 2 is 1.80 bits per heavy atom. The first-order valence-electron chi connectivity index (χ1n) is 8.12. The molecule has 1 aromatic heterocycles. The first kappa shape index (κ1) is 17.2. The standard InChI is InChI=1S/C19H20ClN5/c1-12(2)14-8-6-7-13(3)18(14)23-17-11-21-25-19(24-17)22-16-10-5-4-9-15(16)20/h4-12H,1-3H3,(H2,22,23,24,25). The first-order valence-corrected chi connectivity index (χ1v) is 8.50. The molecule has 0 aliphatic carbocycles. The average molecular weight is 354 g/mol. The number of hydrogen-bond acceptors (Lipinski definition) is 5. The van der Waals surface area contributed by atoms with Crippen LogP contribution in [0.3, 0.4) is 0 Å². The van der Waals surface area contributed by atoms with Crippen molar-refractivity contribution in [2.24, 2.45) is 0 Å². The minimum Gasteiger partial charge on any atom is -0.338 e. The molecule has 0 unspecified atom stereocenters. The molecule has 0 aliphatic rings. The lowest BCUT2D eigenvalue weighted by Crippen LogP contribution is -2.05. The van der Waals surface area contributed by atoms with Gasteiger partial charge in [0.25, 0.3) is 0 Å². The highest BCUT2D eigenvalue weighted by atomic mass is 35.5. The Bertz CT molecular complexity index is 879. The second-order valence-electron chi connectivity index (χ2n) is 6.09. The molecule has 0 fully saturated rings. The fourth-order valence-corrected chi connectivity index (χ4v) is 2.75. The number of anilines is 4. The molecule has 0 amide bonds. The van der Waals surface area contributed by atoms with Gasteiger partial charge in [-0.2, -0.15) is 10.1 Å². The largest absolute Gasteiger partial charge is 0.338 e. The van der Waals surface area contributed by atoms with Gasteiger partial charge in [0.1, 0.15) is 0 Å². The van der Waals surface area contributed by atoms with E-state index in [1.165, 1.54) is 5.56 Å². The molecule has 2 aromatic carbocycles. The van der Waals surface area contributed by atoms with Crippen LogP contribution in [0, 0.1) is 6.92 Å². The van der Waals surface area contributed by atoms with Crippen molar-refractivity contribution in [1.29, 1.82) is 0 Å². The van der Waals surface area contributed by atoms with Gasteiger partial charge in [-0.15, -0.1) is 5.10 Å². The summed E-state index contributed by atoms with van der Waals surface area (Å²) in [6, 6.07) is 13.7. The summed E-state index contributed by atoms with van der Waals surface area (Å²) in [5.41, 5.74) is 4.19. The van der Waals surface area contributed by atoms with Gasteiger partial charge >= 0.3 is 0 Å². The summed E-state index contributed by atoms with van der Waals surface area (Å²) in [6.07, 6.45) is 1.61. The Hall–Kier alpha value is -2.66. The summed E-state index contributed by atoms with van der Waals surface area (Å²) in [5, 5.41) is 15.1. The predicted molar refractivity (Wildman–Crippen MR) is 103 cm³/mol. The topological polar surface area (TPSA) is 62.7 Å². The molecule has 0 saturated carbocycles. The molecule has 0 saturated heterocycles. The number of halogens is 1. The van der Waals surface area contributed by atoms with Crippen LogP contribution < -0.4 is 10.6 Å². The Kier molecular flexibility index (Phi) is 5.14. The monoisotopic (exact) mass is 353 g/mol. The summed E-state index contributed by atoms with van der Waals surface area (Å²) < 4.78 is 0. The highest BCUT2D eigenvalue weighted by molar-refractivity contribution is 6.33. The third-order valence-electron chi connectivity index (χ3n) is 3.86. The van der Waals surface area contributed by atoms with Crippen molar-refractivity contribution in [3.8, 4) is 0 Å². The van der Waals surface area contributed by atoms with E-state index in [4.69, 9.17) is 11.6 Å². The maximum absolute atomic E-state index is 6.17. The van der Waals surface area contributed by atoms with Gasteiger partial charge < -0.3 is 10.6 Å². The predicted octanol–water partition coefficient (Wildman–Crippen LogP) is 5.44. The van der Waals surface area contributed by atoms with Crippen LogP contribution in [0.15, 0.2) is 48.7 Å². The molecule has 0 radical (unpaired) electrons. The number of aromatic nitrogens is 3. The third kappa shape index (κ3) is 4.06. The van der Waals surface area contributed by atoms with Crippen LogP contribution in [0.1, 0.15) is 30.9 Å². The molecule has 25 heavy (non-hydrogen) atoms. The maximum Gasteiger partial charge on any atom is 0.249 e. The summed E-state index contributed by atoms with van der Waals surface area (Å²) in [6.45, 7) is 6.41. The van der Waals surface area contributed by atoms with Gasteiger partial charge in [-0.25, -0.2) is 0 Å². The zero-order valence-electron chi connectivity index (χ0n) is 14.4. The lowest BCUT2D eigenvalue weighted by atomic mass is 9.98. The van der Waals surface area contributed by atoms with Crippen LogP contribution in [0.2, 0.25) is 5.02 Å². The van der Waals surface area contributed by atoms with Crippen molar-refractivity contribution < 1.29 is 0 Å². The molecule has 1 heterocycles. The Morgan fingerprint density at radius 3 is 2.56 bits per heavy atom. The second kappa shape index (κ2) is 7.49.